The maximum Gasteiger partial charge on any atom is 0.243 e. The molecule has 0 aromatic heterocycles. The molecule has 6 heteroatoms. The molecule has 0 bridgehead atoms. The number of amides is 2. The van der Waals surface area contributed by atoms with Crippen LogP contribution in [0.3, 0.4) is 0 Å². The van der Waals surface area contributed by atoms with Gasteiger partial charge in [0.2, 0.25) is 11.8 Å². The topological polar surface area (TPSA) is 78.4 Å². The van der Waals surface area contributed by atoms with Gasteiger partial charge in [-0.25, -0.2) is 0 Å². The van der Waals surface area contributed by atoms with Gasteiger partial charge < -0.3 is 15.7 Å². The second kappa shape index (κ2) is 6.86. The predicted octanol–water partition coefficient (Wildman–Crippen LogP) is -0.302. The molecular formula is C11H20N2O3S. The van der Waals surface area contributed by atoms with E-state index in [0.717, 1.165) is 19.3 Å². The van der Waals surface area contributed by atoms with Crippen molar-refractivity contribution in [2.24, 2.45) is 5.92 Å². The zero-order valence-electron chi connectivity index (χ0n) is 9.98. The number of aliphatic hydroxyl groups excluding tert-OH is 1. The highest BCUT2D eigenvalue weighted by Gasteiger charge is 2.26. The first-order chi connectivity index (χ1) is 8.04. The van der Waals surface area contributed by atoms with Gasteiger partial charge in [0.15, 0.2) is 0 Å². The number of rotatable bonds is 5. The van der Waals surface area contributed by atoms with E-state index in [1.807, 2.05) is 0 Å². The molecular weight excluding hydrogens is 240 g/mol. The van der Waals surface area contributed by atoms with Gasteiger partial charge in [0, 0.05) is 25.1 Å². The lowest BCUT2D eigenvalue weighted by Gasteiger charge is -2.19. The van der Waals surface area contributed by atoms with Gasteiger partial charge in [-0.3, -0.25) is 9.59 Å². The quantitative estimate of drug-likeness (QED) is 0.512. The molecule has 0 aromatic carbocycles. The summed E-state index contributed by atoms with van der Waals surface area (Å²) >= 11 is 4.03. The van der Waals surface area contributed by atoms with Gasteiger partial charge in [0.1, 0.15) is 6.04 Å². The van der Waals surface area contributed by atoms with Crippen LogP contribution in [0.25, 0.3) is 0 Å². The van der Waals surface area contributed by atoms with Crippen molar-refractivity contribution in [3.05, 3.63) is 0 Å². The van der Waals surface area contributed by atoms with Crippen molar-refractivity contribution in [1.82, 2.24) is 10.6 Å². The SMILES string of the molecule is CC(=O)NC(CS)C(=O)NCC1CCCC1O. The lowest BCUT2D eigenvalue weighted by Crippen LogP contribution is -2.48. The summed E-state index contributed by atoms with van der Waals surface area (Å²) in [5.41, 5.74) is 0. The maximum atomic E-state index is 11.7. The van der Waals surface area contributed by atoms with Gasteiger partial charge in [0.25, 0.3) is 0 Å². The summed E-state index contributed by atoms with van der Waals surface area (Å²) in [6.45, 7) is 1.83. The van der Waals surface area contributed by atoms with Crippen LogP contribution < -0.4 is 10.6 Å². The van der Waals surface area contributed by atoms with Crippen molar-refractivity contribution < 1.29 is 14.7 Å². The molecule has 0 aliphatic heterocycles. The molecule has 3 atom stereocenters. The molecule has 1 rings (SSSR count). The molecule has 0 heterocycles. The Morgan fingerprint density at radius 3 is 2.65 bits per heavy atom. The van der Waals surface area contributed by atoms with Crippen LogP contribution in [0.2, 0.25) is 0 Å². The third kappa shape index (κ3) is 4.55. The minimum atomic E-state index is -0.602. The molecule has 0 saturated heterocycles. The second-order valence-electron chi connectivity index (χ2n) is 4.44. The van der Waals surface area contributed by atoms with E-state index in [2.05, 4.69) is 23.3 Å². The maximum absolute atomic E-state index is 11.7. The zero-order chi connectivity index (χ0) is 12.8. The summed E-state index contributed by atoms with van der Waals surface area (Å²) < 4.78 is 0. The molecule has 3 N–H and O–H groups in total. The fourth-order valence-electron chi connectivity index (χ4n) is 2.05. The molecule has 3 unspecified atom stereocenters. The first-order valence-corrected chi connectivity index (χ1v) is 6.51. The van der Waals surface area contributed by atoms with E-state index in [1.165, 1.54) is 6.92 Å². The number of carbonyl (C=O) groups excluding carboxylic acids is 2. The highest BCUT2D eigenvalue weighted by atomic mass is 32.1. The standard InChI is InChI=1S/C11H20N2O3S/c1-7(14)13-9(6-17)11(16)12-5-8-3-2-4-10(8)15/h8-10,15,17H,2-6H2,1H3,(H,12,16)(H,13,14). The van der Waals surface area contributed by atoms with Crippen LogP contribution in [0.4, 0.5) is 0 Å². The Morgan fingerprint density at radius 2 is 2.18 bits per heavy atom. The molecule has 98 valence electrons. The van der Waals surface area contributed by atoms with E-state index in [0.29, 0.717) is 6.54 Å². The van der Waals surface area contributed by atoms with Gasteiger partial charge >= 0.3 is 0 Å². The van der Waals surface area contributed by atoms with Crippen LogP contribution >= 0.6 is 12.6 Å². The number of hydrogen-bond acceptors (Lipinski definition) is 4. The van der Waals surface area contributed by atoms with Crippen LogP contribution in [0.15, 0.2) is 0 Å². The highest BCUT2D eigenvalue weighted by Crippen LogP contribution is 2.24. The van der Waals surface area contributed by atoms with Gasteiger partial charge in [-0.05, 0) is 12.8 Å². The minimum Gasteiger partial charge on any atom is -0.393 e. The van der Waals surface area contributed by atoms with Crippen molar-refractivity contribution in [3.8, 4) is 0 Å². The lowest BCUT2D eigenvalue weighted by molar-refractivity contribution is -0.127. The van der Waals surface area contributed by atoms with Crippen LogP contribution in [-0.4, -0.2) is 41.4 Å². The Hall–Kier alpha value is -0.750. The summed E-state index contributed by atoms with van der Waals surface area (Å²) in [6, 6.07) is -0.602. The number of carbonyl (C=O) groups is 2. The summed E-state index contributed by atoms with van der Waals surface area (Å²) in [6.07, 6.45) is 2.43. The average Bonchev–Trinajstić information content (AvgIpc) is 2.68. The van der Waals surface area contributed by atoms with E-state index in [-0.39, 0.29) is 29.6 Å². The summed E-state index contributed by atoms with van der Waals surface area (Å²) in [5.74, 6) is -0.0928. The smallest absolute Gasteiger partial charge is 0.243 e. The number of hydrogen-bond donors (Lipinski definition) is 4. The first kappa shape index (κ1) is 14.3. The average molecular weight is 260 g/mol. The Bertz CT molecular complexity index is 286. The predicted molar refractivity (Wildman–Crippen MR) is 67.8 cm³/mol. The Kier molecular flexibility index (Phi) is 5.77. The molecule has 5 nitrogen and oxygen atoms in total. The molecule has 17 heavy (non-hydrogen) atoms. The highest BCUT2D eigenvalue weighted by molar-refractivity contribution is 7.80. The van der Waals surface area contributed by atoms with E-state index >= 15 is 0 Å². The molecule has 0 radical (unpaired) electrons. The second-order valence-corrected chi connectivity index (χ2v) is 4.80. The Balaban J connectivity index is 2.34. The minimum absolute atomic E-state index is 0.136. The zero-order valence-corrected chi connectivity index (χ0v) is 10.9. The van der Waals surface area contributed by atoms with Gasteiger partial charge in [0.05, 0.1) is 6.10 Å². The third-order valence-electron chi connectivity index (χ3n) is 3.03. The van der Waals surface area contributed by atoms with Gasteiger partial charge in [-0.15, -0.1) is 0 Å². The normalized spacial score (nSPS) is 25.4. The van der Waals surface area contributed by atoms with E-state index in [1.54, 1.807) is 0 Å². The van der Waals surface area contributed by atoms with E-state index in [4.69, 9.17) is 0 Å². The van der Waals surface area contributed by atoms with Crippen LogP contribution in [0.1, 0.15) is 26.2 Å². The molecule has 0 spiro atoms. The molecule has 1 saturated carbocycles. The van der Waals surface area contributed by atoms with Gasteiger partial charge in [-0.1, -0.05) is 6.42 Å². The molecule has 1 aliphatic carbocycles. The first-order valence-electron chi connectivity index (χ1n) is 5.88. The Morgan fingerprint density at radius 1 is 1.47 bits per heavy atom. The van der Waals surface area contributed by atoms with E-state index < -0.39 is 6.04 Å². The summed E-state index contributed by atoms with van der Waals surface area (Å²) in [7, 11) is 0. The van der Waals surface area contributed by atoms with E-state index in [9.17, 15) is 14.7 Å². The largest absolute Gasteiger partial charge is 0.393 e. The van der Waals surface area contributed by atoms with Crippen LogP contribution in [-0.2, 0) is 9.59 Å². The fraction of sp³-hybridized carbons (Fsp3) is 0.818. The third-order valence-corrected chi connectivity index (χ3v) is 3.40. The fourth-order valence-corrected chi connectivity index (χ4v) is 2.31. The monoisotopic (exact) mass is 260 g/mol. The van der Waals surface area contributed by atoms with Crippen LogP contribution in [0, 0.1) is 5.92 Å². The number of nitrogens with one attached hydrogen (secondary N) is 2. The van der Waals surface area contributed by atoms with Crippen LogP contribution in [0.5, 0.6) is 0 Å². The van der Waals surface area contributed by atoms with Crippen molar-refractivity contribution in [2.75, 3.05) is 12.3 Å². The van der Waals surface area contributed by atoms with Gasteiger partial charge in [-0.2, -0.15) is 12.6 Å². The molecule has 2 amide bonds. The van der Waals surface area contributed by atoms with Crippen molar-refractivity contribution in [1.29, 1.82) is 0 Å². The molecule has 0 aromatic rings. The molecule has 1 aliphatic rings. The van der Waals surface area contributed by atoms with Crippen molar-refractivity contribution in [3.63, 3.8) is 0 Å². The lowest BCUT2D eigenvalue weighted by atomic mass is 10.1. The van der Waals surface area contributed by atoms with Crippen molar-refractivity contribution in [2.45, 2.75) is 38.3 Å². The van der Waals surface area contributed by atoms with Crippen molar-refractivity contribution >= 4 is 24.4 Å². The summed E-state index contributed by atoms with van der Waals surface area (Å²) in [4.78, 5) is 22.6. The molecule has 1 fully saturated rings. The Labute approximate surface area is 107 Å². The number of thiol groups is 1. The number of aliphatic hydroxyl groups is 1. The summed E-state index contributed by atoms with van der Waals surface area (Å²) in [5, 5.41) is 14.9.